The van der Waals surface area contributed by atoms with Gasteiger partial charge >= 0.3 is 0 Å². The summed E-state index contributed by atoms with van der Waals surface area (Å²) in [4.78, 5) is 2.60. The molecule has 4 aromatic carbocycles. The summed E-state index contributed by atoms with van der Waals surface area (Å²) in [5.41, 5.74) is 12.4. The lowest BCUT2D eigenvalue weighted by Gasteiger charge is -2.34. The van der Waals surface area contributed by atoms with E-state index in [0.717, 1.165) is 32.1 Å². The molecule has 0 aromatic heterocycles. The Balaban J connectivity index is 1.28. The van der Waals surface area contributed by atoms with Gasteiger partial charge in [0.25, 0.3) is 0 Å². The van der Waals surface area contributed by atoms with Gasteiger partial charge in [-0.05, 0) is 113 Å². The number of hydrogen-bond donors (Lipinski definition) is 0. The summed E-state index contributed by atoms with van der Waals surface area (Å²) in [5, 5.41) is 2.66. The van der Waals surface area contributed by atoms with Crippen molar-refractivity contribution in [1.29, 1.82) is 0 Å². The third-order valence-electron chi connectivity index (χ3n) is 10.5. The molecule has 1 nitrogen and oxygen atoms in total. The zero-order chi connectivity index (χ0) is 31.0. The van der Waals surface area contributed by atoms with Crippen LogP contribution < -0.4 is 4.90 Å². The molecular formula is C45H43N. The van der Waals surface area contributed by atoms with Gasteiger partial charge in [-0.2, -0.15) is 0 Å². The minimum absolute atomic E-state index is 0.153. The Kier molecular flexibility index (Phi) is 7.70. The quantitative estimate of drug-likeness (QED) is 0.183. The molecule has 0 amide bonds. The first-order valence-electron chi connectivity index (χ1n) is 17.3. The molecule has 0 heterocycles. The molecule has 46 heavy (non-hydrogen) atoms. The molecular weight excluding hydrogens is 555 g/mol. The average molecular weight is 598 g/mol. The van der Waals surface area contributed by atoms with Crippen molar-refractivity contribution < 1.29 is 0 Å². The second kappa shape index (κ2) is 12.3. The van der Waals surface area contributed by atoms with Gasteiger partial charge < -0.3 is 4.90 Å². The number of fused-ring (bicyclic) bond motifs is 4. The summed E-state index contributed by atoms with van der Waals surface area (Å²) in [5.74, 6) is 1.47. The first-order chi connectivity index (χ1) is 22.7. The zero-order valence-corrected chi connectivity index (χ0v) is 27.1. The fourth-order valence-corrected chi connectivity index (χ4v) is 7.94. The van der Waals surface area contributed by atoms with Crippen molar-refractivity contribution in [2.45, 2.75) is 57.9 Å². The SMILES string of the molecule is CC(/C=C\[C@H](C)N(c1ccc(C2CC=CC3=C[C@@H]32)c(-c2ccccc2)c1)c1cc2c(c3ccccc13)C=CCC2)C1=CCCC=C1. The van der Waals surface area contributed by atoms with E-state index in [-0.39, 0.29) is 6.04 Å². The minimum Gasteiger partial charge on any atom is -0.334 e. The van der Waals surface area contributed by atoms with Gasteiger partial charge in [-0.3, -0.25) is 0 Å². The van der Waals surface area contributed by atoms with E-state index in [1.807, 2.05) is 0 Å². The summed E-state index contributed by atoms with van der Waals surface area (Å²) in [6.07, 6.45) is 29.3. The zero-order valence-electron chi connectivity index (χ0n) is 27.1. The van der Waals surface area contributed by atoms with Gasteiger partial charge in [0.1, 0.15) is 0 Å². The Labute approximate surface area is 274 Å². The van der Waals surface area contributed by atoms with Crippen LogP contribution in [0.15, 0.2) is 145 Å². The first-order valence-corrected chi connectivity index (χ1v) is 17.3. The molecule has 0 radical (unpaired) electrons. The number of benzene rings is 4. The number of nitrogens with zero attached hydrogens (tertiary/aromatic N) is 1. The highest BCUT2D eigenvalue weighted by Crippen LogP contribution is 2.50. The van der Waals surface area contributed by atoms with Crippen LogP contribution in [-0.4, -0.2) is 6.04 Å². The van der Waals surface area contributed by atoms with Crippen molar-refractivity contribution in [1.82, 2.24) is 0 Å². The predicted octanol–water partition coefficient (Wildman–Crippen LogP) is 12.1. The number of aryl methyl sites for hydroxylation is 1. The van der Waals surface area contributed by atoms with Gasteiger partial charge in [-0.15, -0.1) is 0 Å². The standard InChI is InChI=1S/C45H43N/c1-31(33-14-5-3-6-15-33)24-25-32(2)46(45-29-36-18-9-10-20-38(36)39-21-11-12-22-42(39)45)37-26-27-41(40-23-13-19-35-28-43(35)40)44(30-37)34-16-7-4-8-17-34/h4-5,7-8,10-17,19-22,24-32,40,43H,3,6,9,18,23H2,1-2H3/b25-24-/t31?,32-,40?,43-/m0/s1. The molecule has 0 spiro atoms. The number of rotatable bonds is 8. The molecule has 0 aliphatic heterocycles. The maximum atomic E-state index is 2.60. The molecule has 8 rings (SSSR count). The van der Waals surface area contributed by atoms with Gasteiger partial charge in [-0.25, -0.2) is 0 Å². The van der Waals surface area contributed by atoms with Gasteiger partial charge in [0.05, 0.1) is 0 Å². The van der Waals surface area contributed by atoms with E-state index >= 15 is 0 Å². The molecule has 4 aliphatic carbocycles. The van der Waals surface area contributed by atoms with Crippen molar-refractivity contribution in [2.24, 2.45) is 11.8 Å². The van der Waals surface area contributed by atoms with Crippen LogP contribution in [0.1, 0.15) is 62.1 Å². The molecule has 0 saturated carbocycles. The predicted molar refractivity (Wildman–Crippen MR) is 198 cm³/mol. The molecule has 0 bridgehead atoms. The summed E-state index contributed by atoms with van der Waals surface area (Å²) in [6, 6.07) is 30.0. The molecule has 4 aliphatic rings. The van der Waals surface area contributed by atoms with Crippen LogP contribution in [0.2, 0.25) is 0 Å². The number of anilines is 2. The Morgan fingerprint density at radius 2 is 1.59 bits per heavy atom. The monoisotopic (exact) mass is 597 g/mol. The van der Waals surface area contributed by atoms with E-state index in [2.05, 4.69) is 158 Å². The van der Waals surface area contributed by atoms with Crippen molar-refractivity contribution in [3.05, 3.63) is 161 Å². The van der Waals surface area contributed by atoms with Crippen LogP contribution in [0, 0.1) is 11.8 Å². The van der Waals surface area contributed by atoms with E-state index < -0.39 is 0 Å². The lowest BCUT2D eigenvalue weighted by atomic mass is 9.81. The molecule has 0 fully saturated rings. The minimum atomic E-state index is 0.153. The van der Waals surface area contributed by atoms with Crippen LogP contribution in [0.25, 0.3) is 28.0 Å². The average Bonchev–Trinajstić information content (AvgIpc) is 3.92. The molecule has 4 atom stereocenters. The molecule has 0 N–H and O–H groups in total. The highest BCUT2D eigenvalue weighted by molar-refractivity contribution is 6.02. The van der Waals surface area contributed by atoms with Gasteiger partial charge in [0, 0.05) is 28.7 Å². The van der Waals surface area contributed by atoms with Gasteiger partial charge in [-0.1, -0.05) is 128 Å². The van der Waals surface area contributed by atoms with E-state index in [0.29, 0.717) is 17.8 Å². The third kappa shape index (κ3) is 5.43. The van der Waals surface area contributed by atoms with Crippen molar-refractivity contribution in [2.75, 3.05) is 4.90 Å². The largest absolute Gasteiger partial charge is 0.334 e. The Morgan fingerprint density at radius 1 is 0.761 bits per heavy atom. The van der Waals surface area contributed by atoms with Crippen molar-refractivity contribution >= 4 is 28.2 Å². The highest BCUT2D eigenvalue weighted by atomic mass is 15.2. The molecule has 228 valence electrons. The van der Waals surface area contributed by atoms with E-state index in [1.54, 1.807) is 0 Å². The Hall–Kier alpha value is -4.62. The van der Waals surface area contributed by atoms with Crippen LogP contribution in [0.5, 0.6) is 0 Å². The van der Waals surface area contributed by atoms with E-state index in [9.17, 15) is 0 Å². The van der Waals surface area contributed by atoms with Crippen LogP contribution in [0.4, 0.5) is 11.4 Å². The maximum absolute atomic E-state index is 2.60. The molecule has 2 unspecified atom stereocenters. The number of allylic oxidation sites excluding steroid dienone is 10. The Bertz CT molecular complexity index is 1960. The maximum Gasteiger partial charge on any atom is 0.0499 e. The van der Waals surface area contributed by atoms with Crippen LogP contribution in [-0.2, 0) is 6.42 Å². The lowest BCUT2D eigenvalue weighted by Crippen LogP contribution is -2.27. The first kappa shape index (κ1) is 28.8. The second-order valence-electron chi connectivity index (χ2n) is 13.5. The third-order valence-corrected chi connectivity index (χ3v) is 10.5. The van der Waals surface area contributed by atoms with Crippen LogP contribution in [0.3, 0.4) is 0 Å². The van der Waals surface area contributed by atoms with E-state index in [4.69, 9.17) is 0 Å². The number of hydrogen-bond acceptors (Lipinski definition) is 1. The van der Waals surface area contributed by atoms with Gasteiger partial charge in [0.15, 0.2) is 0 Å². The summed E-state index contributed by atoms with van der Waals surface area (Å²) < 4.78 is 0. The van der Waals surface area contributed by atoms with E-state index in [1.165, 1.54) is 61.1 Å². The normalized spacial score (nSPS) is 21.0. The fraction of sp³-hybridized carbons (Fsp3) is 0.244. The van der Waals surface area contributed by atoms with Crippen LogP contribution >= 0.6 is 0 Å². The highest BCUT2D eigenvalue weighted by Gasteiger charge is 2.36. The Morgan fingerprint density at radius 3 is 2.43 bits per heavy atom. The summed E-state index contributed by atoms with van der Waals surface area (Å²) in [7, 11) is 0. The topological polar surface area (TPSA) is 3.24 Å². The summed E-state index contributed by atoms with van der Waals surface area (Å²) in [6.45, 7) is 4.70. The van der Waals surface area contributed by atoms with Gasteiger partial charge in [0.2, 0.25) is 0 Å². The smallest absolute Gasteiger partial charge is 0.0499 e. The summed E-state index contributed by atoms with van der Waals surface area (Å²) >= 11 is 0. The molecule has 4 aromatic rings. The molecule has 0 saturated heterocycles. The fourth-order valence-electron chi connectivity index (χ4n) is 7.94. The lowest BCUT2D eigenvalue weighted by molar-refractivity contribution is 0.632. The van der Waals surface area contributed by atoms with Crippen molar-refractivity contribution in [3.63, 3.8) is 0 Å². The molecule has 1 heteroatoms. The second-order valence-corrected chi connectivity index (χ2v) is 13.5. The van der Waals surface area contributed by atoms with Crippen molar-refractivity contribution in [3.8, 4) is 11.1 Å².